The number of esters is 1. The molecule has 1 unspecified atom stereocenters. The molecule has 1 aromatic heterocycles. The molecule has 1 aliphatic heterocycles. The normalized spacial score (nSPS) is 21.2. The number of piperidine rings is 1. The zero-order valence-electron chi connectivity index (χ0n) is 12.9. The number of aliphatic hydroxyl groups excluding tert-OH is 1. The Bertz CT molecular complexity index is 461. The number of ether oxygens (including phenoxy) is 1. The molecule has 1 aromatic rings. The van der Waals surface area contributed by atoms with E-state index in [1.54, 1.807) is 19.3 Å². The molecule has 0 aliphatic carbocycles. The highest BCUT2D eigenvalue weighted by molar-refractivity contribution is 5.88. The zero-order chi connectivity index (χ0) is 15.2. The van der Waals surface area contributed by atoms with Gasteiger partial charge in [-0.1, -0.05) is 6.92 Å². The quantitative estimate of drug-likeness (QED) is 0.805. The lowest BCUT2D eigenvalue weighted by Gasteiger charge is -2.33. The maximum absolute atomic E-state index is 11.7. The van der Waals surface area contributed by atoms with Crippen LogP contribution < -0.4 is 0 Å². The molecule has 1 N–H and O–H groups in total. The largest absolute Gasteiger partial charge is 0.462 e. The van der Waals surface area contributed by atoms with Crippen molar-refractivity contribution in [1.29, 1.82) is 0 Å². The summed E-state index contributed by atoms with van der Waals surface area (Å²) < 4.78 is 6.84. The number of β-amino-alcohol motifs (C(OH)–C–C–N with tert-alkyl or cyclic N) is 1. The van der Waals surface area contributed by atoms with Crippen molar-refractivity contribution >= 4 is 5.97 Å². The van der Waals surface area contributed by atoms with Crippen molar-refractivity contribution in [2.75, 3.05) is 26.2 Å². The molecule has 2 rings (SSSR count). The Morgan fingerprint density at radius 3 is 3.10 bits per heavy atom. The van der Waals surface area contributed by atoms with E-state index in [1.807, 2.05) is 11.6 Å². The lowest BCUT2D eigenvalue weighted by molar-refractivity contribution is 0.0526. The molecule has 6 nitrogen and oxygen atoms in total. The van der Waals surface area contributed by atoms with E-state index in [4.69, 9.17) is 4.74 Å². The van der Waals surface area contributed by atoms with E-state index in [0.29, 0.717) is 18.7 Å². The fourth-order valence-electron chi connectivity index (χ4n) is 2.70. The Labute approximate surface area is 125 Å². The van der Waals surface area contributed by atoms with E-state index in [1.165, 1.54) is 0 Å². The summed E-state index contributed by atoms with van der Waals surface area (Å²) in [5.74, 6) is -0.321. The third-order valence-electron chi connectivity index (χ3n) is 3.91. The van der Waals surface area contributed by atoms with Crippen molar-refractivity contribution in [3.63, 3.8) is 0 Å². The molecule has 1 fully saturated rings. The highest BCUT2D eigenvalue weighted by Crippen LogP contribution is 2.21. The van der Waals surface area contributed by atoms with Crippen molar-refractivity contribution in [1.82, 2.24) is 14.7 Å². The van der Waals surface area contributed by atoms with Gasteiger partial charge in [0.1, 0.15) is 0 Å². The minimum Gasteiger partial charge on any atom is -0.462 e. The van der Waals surface area contributed by atoms with Gasteiger partial charge in [-0.2, -0.15) is 5.10 Å². The lowest BCUT2D eigenvalue weighted by Crippen LogP contribution is -2.40. The van der Waals surface area contributed by atoms with Gasteiger partial charge in [-0.15, -0.1) is 0 Å². The second kappa shape index (κ2) is 7.56. The smallest absolute Gasteiger partial charge is 0.341 e. The molecule has 0 radical (unpaired) electrons. The first-order valence-corrected chi connectivity index (χ1v) is 7.75. The van der Waals surface area contributed by atoms with Crippen molar-refractivity contribution in [3.8, 4) is 0 Å². The Hall–Kier alpha value is -1.40. The molecule has 0 saturated carbocycles. The summed E-state index contributed by atoms with van der Waals surface area (Å²) in [6, 6.07) is 0.256. The van der Waals surface area contributed by atoms with Crippen LogP contribution in [0.25, 0.3) is 0 Å². The minimum atomic E-state index is -0.321. The van der Waals surface area contributed by atoms with E-state index < -0.39 is 0 Å². The highest BCUT2D eigenvalue weighted by Gasteiger charge is 2.23. The Balaban J connectivity index is 1.96. The van der Waals surface area contributed by atoms with Crippen molar-refractivity contribution in [2.24, 2.45) is 0 Å². The first-order valence-electron chi connectivity index (χ1n) is 7.75. The summed E-state index contributed by atoms with van der Waals surface area (Å²) in [4.78, 5) is 13.9. The van der Waals surface area contributed by atoms with Crippen LogP contribution in [0, 0.1) is 0 Å². The first-order chi connectivity index (χ1) is 10.1. The van der Waals surface area contributed by atoms with Gasteiger partial charge >= 0.3 is 5.97 Å². The van der Waals surface area contributed by atoms with Gasteiger partial charge in [-0.3, -0.25) is 9.58 Å². The van der Waals surface area contributed by atoms with E-state index in [-0.39, 0.29) is 18.1 Å². The van der Waals surface area contributed by atoms with Gasteiger partial charge in [0.25, 0.3) is 0 Å². The van der Waals surface area contributed by atoms with Crippen LogP contribution in [0.4, 0.5) is 0 Å². The average Bonchev–Trinajstić information content (AvgIpc) is 2.97. The van der Waals surface area contributed by atoms with Crippen LogP contribution in [0.3, 0.4) is 0 Å². The number of hydrogen-bond acceptors (Lipinski definition) is 5. The van der Waals surface area contributed by atoms with Crippen molar-refractivity contribution in [2.45, 2.75) is 45.3 Å². The molecular weight excluding hydrogens is 270 g/mol. The summed E-state index contributed by atoms with van der Waals surface area (Å²) in [5.41, 5.74) is 0.502. The zero-order valence-corrected chi connectivity index (χ0v) is 12.9. The maximum Gasteiger partial charge on any atom is 0.341 e. The molecule has 0 spiro atoms. The molecule has 0 bridgehead atoms. The fraction of sp³-hybridized carbons (Fsp3) is 0.733. The predicted molar refractivity (Wildman–Crippen MR) is 79.2 cm³/mol. The summed E-state index contributed by atoms with van der Waals surface area (Å²) in [6.45, 7) is 6.74. The summed E-state index contributed by atoms with van der Waals surface area (Å²) in [5, 5.41) is 14.1. The molecule has 6 heteroatoms. The van der Waals surface area contributed by atoms with Gasteiger partial charge in [0, 0.05) is 19.3 Å². The highest BCUT2D eigenvalue weighted by atomic mass is 16.5. The van der Waals surface area contributed by atoms with Gasteiger partial charge in [-0.25, -0.2) is 4.79 Å². The number of rotatable bonds is 6. The average molecular weight is 295 g/mol. The third kappa shape index (κ3) is 4.28. The van der Waals surface area contributed by atoms with Crippen LogP contribution in [0.5, 0.6) is 0 Å². The van der Waals surface area contributed by atoms with E-state index >= 15 is 0 Å². The van der Waals surface area contributed by atoms with Crippen LogP contribution >= 0.6 is 0 Å². The van der Waals surface area contributed by atoms with Gasteiger partial charge in [-0.05, 0) is 32.7 Å². The standard InChI is InChI=1S/C15H25N3O3/c1-3-14(19)11-17-7-5-6-13(10-17)18-9-12(8-16-18)15(20)21-4-2/h8-9,13-14,19H,3-7,10-11H2,1-2H3/t13?,14-/m1/s1. The Kier molecular flexibility index (Phi) is 5.76. The van der Waals surface area contributed by atoms with Gasteiger partial charge in [0.2, 0.25) is 0 Å². The SMILES string of the molecule is CCOC(=O)c1cnn(C2CCCN(C[C@H](O)CC)C2)c1. The molecule has 1 saturated heterocycles. The summed E-state index contributed by atoms with van der Waals surface area (Å²) in [7, 11) is 0. The maximum atomic E-state index is 11.7. The van der Waals surface area contributed by atoms with Crippen molar-refractivity contribution < 1.29 is 14.6 Å². The van der Waals surface area contributed by atoms with Crippen LogP contribution in [-0.2, 0) is 4.74 Å². The van der Waals surface area contributed by atoms with Crippen LogP contribution in [0.1, 0.15) is 49.5 Å². The number of hydrogen-bond donors (Lipinski definition) is 1. The topological polar surface area (TPSA) is 67.6 Å². The van der Waals surface area contributed by atoms with E-state index in [9.17, 15) is 9.90 Å². The lowest BCUT2D eigenvalue weighted by atomic mass is 10.1. The van der Waals surface area contributed by atoms with Crippen molar-refractivity contribution in [3.05, 3.63) is 18.0 Å². The predicted octanol–water partition coefficient (Wildman–Crippen LogP) is 1.47. The number of aromatic nitrogens is 2. The minimum absolute atomic E-state index is 0.256. The molecule has 0 aromatic carbocycles. The van der Waals surface area contributed by atoms with Crippen LogP contribution in [0.2, 0.25) is 0 Å². The molecule has 2 atom stereocenters. The Morgan fingerprint density at radius 2 is 2.38 bits per heavy atom. The second-order valence-electron chi connectivity index (χ2n) is 5.55. The molecule has 118 valence electrons. The van der Waals surface area contributed by atoms with Gasteiger partial charge in [0.05, 0.1) is 30.5 Å². The number of aliphatic hydroxyl groups is 1. The van der Waals surface area contributed by atoms with Gasteiger partial charge in [0.15, 0.2) is 0 Å². The second-order valence-corrected chi connectivity index (χ2v) is 5.55. The number of carbonyl (C=O) groups is 1. The van der Waals surface area contributed by atoms with E-state index in [0.717, 1.165) is 32.4 Å². The molecule has 1 aliphatic rings. The number of likely N-dealkylation sites (tertiary alicyclic amines) is 1. The molecule has 21 heavy (non-hydrogen) atoms. The number of nitrogens with zero attached hydrogens (tertiary/aromatic N) is 3. The Morgan fingerprint density at radius 1 is 1.57 bits per heavy atom. The summed E-state index contributed by atoms with van der Waals surface area (Å²) >= 11 is 0. The molecule has 0 amide bonds. The number of carbonyl (C=O) groups excluding carboxylic acids is 1. The van der Waals surface area contributed by atoms with Crippen LogP contribution in [0.15, 0.2) is 12.4 Å². The first kappa shape index (κ1) is 16.0. The van der Waals surface area contributed by atoms with Gasteiger partial charge < -0.3 is 9.84 Å². The summed E-state index contributed by atoms with van der Waals surface area (Å²) in [6.07, 6.45) is 5.96. The third-order valence-corrected chi connectivity index (χ3v) is 3.91. The monoisotopic (exact) mass is 295 g/mol. The molecular formula is C15H25N3O3. The van der Waals surface area contributed by atoms with E-state index in [2.05, 4.69) is 10.00 Å². The fourth-order valence-corrected chi connectivity index (χ4v) is 2.70. The molecule has 2 heterocycles. The van der Waals surface area contributed by atoms with Crippen LogP contribution in [-0.4, -0.2) is 58.1 Å².